The summed E-state index contributed by atoms with van der Waals surface area (Å²) in [5.41, 5.74) is 1.07. The van der Waals surface area contributed by atoms with Gasteiger partial charge in [0.1, 0.15) is 5.78 Å². The third-order valence-corrected chi connectivity index (χ3v) is 3.80. The first kappa shape index (κ1) is 13.6. The van der Waals surface area contributed by atoms with E-state index in [-0.39, 0.29) is 17.7 Å². The summed E-state index contributed by atoms with van der Waals surface area (Å²) in [6, 6.07) is 9.50. The molecule has 0 spiro atoms. The molecule has 1 amide bonds. The third kappa shape index (κ3) is 3.13. The number of carbonyl (C=O) groups is 2. The van der Waals surface area contributed by atoms with Gasteiger partial charge in [0.2, 0.25) is 0 Å². The Balaban J connectivity index is 2.13. The molecule has 1 aliphatic heterocycles. The van der Waals surface area contributed by atoms with Crippen LogP contribution in [0.1, 0.15) is 25.3 Å². The van der Waals surface area contributed by atoms with E-state index in [4.69, 9.17) is 0 Å². The van der Waals surface area contributed by atoms with Crippen molar-refractivity contribution in [3.8, 4) is 0 Å². The first-order valence-electron chi connectivity index (χ1n) is 6.68. The van der Waals surface area contributed by atoms with Gasteiger partial charge in [-0.25, -0.2) is 4.79 Å². The lowest BCUT2D eigenvalue weighted by atomic mass is 9.87. The van der Waals surface area contributed by atoms with E-state index >= 15 is 0 Å². The van der Waals surface area contributed by atoms with Crippen molar-refractivity contribution in [3.05, 3.63) is 35.9 Å². The number of carbonyl (C=O) groups excluding carboxylic acids is 1. The van der Waals surface area contributed by atoms with Gasteiger partial charge < -0.3 is 10.0 Å². The molecule has 1 N–H and O–H groups in total. The highest BCUT2D eigenvalue weighted by molar-refractivity contribution is 5.84. The molecule has 2 rings (SSSR count). The largest absolute Gasteiger partial charge is 0.465 e. The number of hydrogen-bond acceptors (Lipinski definition) is 2. The molecule has 4 nitrogen and oxygen atoms in total. The van der Waals surface area contributed by atoms with Crippen LogP contribution in [-0.2, 0) is 11.2 Å². The Morgan fingerprint density at radius 2 is 2.05 bits per heavy atom. The zero-order chi connectivity index (χ0) is 13.8. The SMILES string of the molecule is CCC1CN(C(=O)O)C(Cc2ccccc2)CC1=O. The standard InChI is InChI=1S/C15H19NO3/c1-2-12-10-16(15(18)19)13(9-14(12)17)8-11-6-4-3-5-7-11/h3-7,12-13H,2,8-10H2,1H3,(H,18,19). The minimum absolute atomic E-state index is 0.136. The molecular formula is C15H19NO3. The smallest absolute Gasteiger partial charge is 0.407 e. The second-order valence-electron chi connectivity index (χ2n) is 5.05. The normalized spacial score (nSPS) is 23.4. The average molecular weight is 261 g/mol. The van der Waals surface area contributed by atoms with Crippen LogP contribution in [0.2, 0.25) is 0 Å². The molecule has 4 heteroatoms. The van der Waals surface area contributed by atoms with Gasteiger partial charge in [0.05, 0.1) is 0 Å². The molecule has 1 fully saturated rings. The number of carboxylic acid groups (broad SMARTS) is 1. The van der Waals surface area contributed by atoms with E-state index < -0.39 is 6.09 Å². The molecule has 19 heavy (non-hydrogen) atoms. The molecule has 1 aromatic rings. The van der Waals surface area contributed by atoms with Crippen molar-refractivity contribution in [3.63, 3.8) is 0 Å². The van der Waals surface area contributed by atoms with E-state index in [0.717, 1.165) is 5.56 Å². The van der Waals surface area contributed by atoms with Crippen molar-refractivity contribution in [1.82, 2.24) is 4.90 Å². The predicted octanol–water partition coefficient (Wildman–Crippen LogP) is 2.58. The van der Waals surface area contributed by atoms with Crippen LogP contribution in [0.25, 0.3) is 0 Å². The van der Waals surface area contributed by atoms with Crippen LogP contribution in [-0.4, -0.2) is 34.5 Å². The van der Waals surface area contributed by atoms with Gasteiger partial charge in [-0.3, -0.25) is 4.79 Å². The van der Waals surface area contributed by atoms with Crippen molar-refractivity contribution in [2.24, 2.45) is 5.92 Å². The van der Waals surface area contributed by atoms with Crippen molar-refractivity contribution in [1.29, 1.82) is 0 Å². The highest BCUT2D eigenvalue weighted by Gasteiger charge is 2.35. The fourth-order valence-electron chi connectivity index (χ4n) is 2.66. The maximum atomic E-state index is 12.0. The van der Waals surface area contributed by atoms with Gasteiger partial charge in [-0.1, -0.05) is 37.3 Å². The van der Waals surface area contributed by atoms with Gasteiger partial charge in [-0.2, -0.15) is 0 Å². The molecule has 2 atom stereocenters. The summed E-state index contributed by atoms with van der Waals surface area (Å²) in [5, 5.41) is 9.30. The van der Waals surface area contributed by atoms with E-state index in [1.165, 1.54) is 4.90 Å². The summed E-state index contributed by atoms with van der Waals surface area (Å²) in [6.07, 6.45) is 0.724. The quantitative estimate of drug-likeness (QED) is 0.909. The fourth-order valence-corrected chi connectivity index (χ4v) is 2.66. The van der Waals surface area contributed by atoms with Crippen molar-refractivity contribution < 1.29 is 14.7 Å². The second kappa shape index (κ2) is 5.87. The molecule has 0 bridgehead atoms. The van der Waals surface area contributed by atoms with Gasteiger partial charge >= 0.3 is 6.09 Å². The molecule has 1 saturated heterocycles. The van der Waals surface area contributed by atoms with Crippen LogP contribution < -0.4 is 0 Å². The lowest BCUT2D eigenvalue weighted by Crippen LogP contribution is -2.50. The maximum absolute atomic E-state index is 12.0. The van der Waals surface area contributed by atoms with E-state index in [1.54, 1.807) is 0 Å². The Morgan fingerprint density at radius 3 is 2.63 bits per heavy atom. The Hall–Kier alpha value is -1.84. The van der Waals surface area contributed by atoms with Crippen molar-refractivity contribution in [2.45, 2.75) is 32.2 Å². The van der Waals surface area contributed by atoms with Crippen LogP contribution in [0.5, 0.6) is 0 Å². The summed E-state index contributed by atoms with van der Waals surface area (Å²) in [4.78, 5) is 24.7. The van der Waals surface area contributed by atoms with Crippen LogP contribution in [0.15, 0.2) is 30.3 Å². The number of Topliss-reactive ketones (excluding diaryl/α,β-unsaturated/α-hetero) is 1. The highest BCUT2D eigenvalue weighted by atomic mass is 16.4. The van der Waals surface area contributed by atoms with Crippen LogP contribution in [0, 0.1) is 5.92 Å². The molecule has 1 heterocycles. The van der Waals surface area contributed by atoms with E-state index in [1.807, 2.05) is 37.3 Å². The van der Waals surface area contributed by atoms with E-state index in [0.29, 0.717) is 25.8 Å². The van der Waals surface area contributed by atoms with Crippen molar-refractivity contribution >= 4 is 11.9 Å². The Labute approximate surface area is 113 Å². The van der Waals surface area contributed by atoms with Crippen LogP contribution in [0.3, 0.4) is 0 Å². The number of rotatable bonds is 3. The number of ketones is 1. The fraction of sp³-hybridized carbons (Fsp3) is 0.467. The van der Waals surface area contributed by atoms with Gasteiger partial charge in [0.15, 0.2) is 0 Å². The molecule has 0 saturated carbocycles. The molecular weight excluding hydrogens is 242 g/mol. The topological polar surface area (TPSA) is 57.6 Å². The zero-order valence-corrected chi connectivity index (χ0v) is 11.1. The lowest BCUT2D eigenvalue weighted by Gasteiger charge is -2.36. The number of nitrogens with zero attached hydrogens (tertiary/aromatic N) is 1. The Bertz CT molecular complexity index is 458. The monoisotopic (exact) mass is 261 g/mol. The molecule has 2 unspecified atom stereocenters. The van der Waals surface area contributed by atoms with Gasteiger partial charge in [-0.05, 0) is 18.4 Å². The summed E-state index contributed by atoms with van der Waals surface area (Å²) in [7, 11) is 0. The first-order chi connectivity index (χ1) is 9.11. The molecule has 102 valence electrons. The van der Waals surface area contributed by atoms with Gasteiger partial charge in [0.25, 0.3) is 0 Å². The summed E-state index contributed by atoms with van der Waals surface area (Å²) < 4.78 is 0. The lowest BCUT2D eigenvalue weighted by molar-refractivity contribution is -0.127. The summed E-state index contributed by atoms with van der Waals surface area (Å²) in [5.74, 6) is 0.0593. The van der Waals surface area contributed by atoms with Gasteiger partial charge in [-0.15, -0.1) is 0 Å². The van der Waals surface area contributed by atoms with Crippen LogP contribution >= 0.6 is 0 Å². The molecule has 0 aromatic heterocycles. The molecule has 0 radical (unpaired) electrons. The zero-order valence-electron chi connectivity index (χ0n) is 11.1. The number of benzene rings is 1. The average Bonchev–Trinajstić information content (AvgIpc) is 2.39. The third-order valence-electron chi connectivity index (χ3n) is 3.80. The highest BCUT2D eigenvalue weighted by Crippen LogP contribution is 2.24. The first-order valence-corrected chi connectivity index (χ1v) is 6.68. The van der Waals surface area contributed by atoms with Gasteiger partial charge in [0, 0.05) is 24.9 Å². The van der Waals surface area contributed by atoms with E-state index in [9.17, 15) is 14.7 Å². The van der Waals surface area contributed by atoms with Crippen LogP contribution in [0.4, 0.5) is 4.79 Å². The predicted molar refractivity (Wildman–Crippen MR) is 72.1 cm³/mol. The number of hydrogen-bond donors (Lipinski definition) is 1. The summed E-state index contributed by atoms with van der Waals surface area (Å²) >= 11 is 0. The Kier molecular flexibility index (Phi) is 4.20. The maximum Gasteiger partial charge on any atom is 0.407 e. The number of likely N-dealkylation sites (tertiary alicyclic amines) is 1. The molecule has 1 aromatic carbocycles. The molecule has 1 aliphatic rings. The number of piperidine rings is 1. The number of amides is 1. The Morgan fingerprint density at radius 1 is 1.37 bits per heavy atom. The second-order valence-corrected chi connectivity index (χ2v) is 5.05. The minimum atomic E-state index is -0.924. The summed E-state index contributed by atoms with van der Waals surface area (Å²) in [6.45, 7) is 2.27. The van der Waals surface area contributed by atoms with E-state index in [2.05, 4.69) is 0 Å². The molecule has 0 aliphatic carbocycles. The minimum Gasteiger partial charge on any atom is -0.465 e. The van der Waals surface area contributed by atoms with Crippen molar-refractivity contribution in [2.75, 3.05) is 6.54 Å².